The Morgan fingerprint density at radius 2 is 2.36 bits per heavy atom. The molecule has 1 heterocycles. The van der Waals surface area contributed by atoms with Crippen LogP contribution in [0.15, 0.2) is 0 Å². The summed E-state index contributed by atoms with van der Waals surface area (Å²) in [6.45, 7) is 2.65. The van der Waals surface area contributed by atoms with Crippen molar-refractivity contribution in [1.29, 1.82) is 0 Å². The van der Waals surface area contributed by atoms with Gasteiger partial charge in [0.15, 0.2) is 0 Å². The van der Waals surface area contributed by atoms with Crippen molar-refractivity contribution in [2.24, 2.45) is 5.92 Å². The van der Waals surface area contributed by atoms with Crippen LogP contribution in [-0.2, 0) is 9.53 Å². The zero-order valence-electron chi connectivity index (χ0n) is 8.45. The first-order valence-corrected chi connectivity index (χ1v) is 5.21. The fourth-order valence-corrected chi connectivity index (χ4v) is 1.90. The van der Waals surface area contributed by atoms with Crippen molar-refractivity contribution in [3.8, 4) is 0 Å². The molecule has 1 aliphatic carbocycles. The van der Waals surface area contributed by atoms with Crippen LogP contribution in [0.5, 0.6) is 0 Å². The maximum Gasteiger partial charge on any atom is 0.226 e. The quantitative estimate of drug-likeness (QED) is 0.675. The molecule has 1 aliphatic heterocycles. The minimum absolute atomic E-state index is 0.0180. The summed E-state index contributed by atoms with van der Waals surface area (Å²) in [7, 11) is 0. The van der Waals surface area contributed by atoms with Gasteiger partial charge in [-0.25, -0.2) is 0 Å². The summed E-state index contributed by atoms with van der Waals surface area (Å²) in [5, 5.41) is 12.0. The molecule has 0 radical (unpaired) electrons. The van der Waals surface area contributed by atoms with Gasteiger partial charge in [-0.05, 0) is 26.2 Å². The predicted octanol–water partition coefficient (Wildman–Crippen LogP) is 0.0525. The van der Waals surface area contributed by atoms with Gasteiger partial charge < -0.3 is 15.2 Å². The van der Waals surface area contributed by atoms with Crippen LogP contribution in [0.1, 0.15) is 26.2 Å². The first-order valence-electron chi connectivity index (χ1n) is 5.21. The van der Waals surface area contributed by atoms with E-state index >= 15 is 0 Å². The minimum Gasteiger partial charge on any atom is -0.394 e. The third kappa shape index (κ3) is 1.77. The summed E-state index contributed by atoms with van der Waals surface area (Å²) >= 11 is 0. The first kappa shape index (κ1) is 9.93. The second-order valence-electron chi connectivity index (χ2n) is 4.40. The lowest BCUT2D eigenvalue weighted by Gasteiger charge is -2.19. The number of nitrogens with one attached hydrogen (secondary N) is 1. The van der Waals surface area contributed by atoms with Crippen LogP contribution in [0.25, 0.3) is 0 Å². The Balaban J connectivity index is 1.89. The lowest BCUT2D eigenvalue weighted by atomic mass is 10.0. The Hall–Kier alpha value is -0.610. The zero-order valence-corrected chi connectivity index (χ0v) is 8.45. The van der Waals surface area contributed by atoms with Crippen molar-refractivity contribution >= 4 is 5.91 Å². The maximum atomic E-state index is 11.8. The number of hydrogen-bond acceptors (Lipinski definition) is 3. The van der Waals surface area contributed by atoms with Crippen LogP contribution in [0.4, 0.5) is 0 Å². The Kier molecular flexibility index (Phi) is 2.49. The van der Waals surface area contributed by atoms with Gasteiger partial charge in [-0.1, -0.05) is 0 Å². The highest BCUT2D eigenvalue weighted by molar-refractivity contribution is 5.80. The molecule has 2 N–H and O–H groups in total. The molecule has 2 fully saturated rings. The maximum absolute atomic E-state index is 11.8. The Bertz CT molecular complexity index is 238. The number of amides is 1. The van der Waals surface area contributed by atoms with Crippen molar-refractivity contribution in [1.82, 2.24) is 5.32 Å². The van der Waals surface area contributed by atoms with Crippen LogP contribution >= 0.6 is 0 Å². The first-order chi connectivity index (χ1) is 6.67. The molecule has 2 aliphatic rings. The standard InChI is InChI=1S/C10H17NO3/c1-7-8(2-5-14-7)9(13)11-10(6-12)3-4-10/h7-8,12H,2-6H2,1H3,(H,11,13). The molecule has 0 aromatic carbocycles. The number of rotatable bonds is 3. The predicted molar refractivity (Wildman–Crippen MR) is 50.7 cm³/mol. The van der Waals surface area contributed by atoms with Crippen molar-refractivity contribution < 1.29 is 14.6 Å². The summed E-state index contributed by atoms with van der Waals surface area (Å²) in [5.41, 5.74) is -0.292. The van der Waals surface area contributed by atoms with Crippen molar-refractivity contribution in [3.05, 3.63) is 0 Å². The van der Waals surface area contributed by atoms with E-state index in [1.165, 1.54) is 0 Å². The fourth-order valence-electron chi connectivity index (χ4n) is 1.90. The topological polar surface area (TPSA) is 58.6 Å². The van der Waals surface area contributed by atoms with Gasteiger partial charge in [0.2, 0.25) is 5.91 Å². The molecule has 80 valence electrons. The SMILES string of the molecule is CC1OCCC1C(=O)NC1(CO)CC1. The molecule has 0 bridgehead atoms. The van der Waals surface area contributed by atoms with E-state index in [1.54, 1.807) is 0 Å². The molecule has 1 saturated heterocycles. The highest BCUT2D eigenvalue weighted by Crippen LogP contribution is 2.35. The zero-order chi connectivity index (χ0) is 10.2. The molecular formula is C10H17NO3. The van der Waals surface area contributed by atoms with E-state index in [1.807, 2.05) is 6.92 Å². The molecule has 14 heavy (non-hydrogen) atoms. The average Bonchev–Trinajstić information content (AvgIpc) is 2.80. The van der Waals surface area contributed by atoms with Crippen LogP contribution in [0.2, 0.25) is 0 Å². The number of carbonyl (C=O) groups is 1. The Labute approximate surface area is 83.6 Å². The summed E-state index contributed by atoms with van der Waals surface area (Å²) < 4.78 is 5.33. The monoisotopic (exact) mass is 199 g/mol. The Morgan fingerprint density at radius 3 is 2.79 bits per heavy atom. The molecule has 1 amide bonds. The van der Waals surface area contributed by atoms with Crippen molar-refractivity contribution in [2.45, 2.75) is 37.8 Å². The highest BCUT2D eigenvalue weighted by Gasteiger charge is 2.45. The van der Waals surface area contributed by atoms with E-state index in [0.717, 1.165) is 19.3 Å². The van der Waals surface area contributed by atoms with E-state index in [2.05, 4.69) is 5.32 Å². The minimum atomic E-state index is -0.292. The average molecular weight is 199 g/mol. The van der Waals surface area contributed by atoms with E-state index in [9.17, 15) is 4.79 Å². The smallest absolute Gasteiger partial charge is 0.226 e. The van der Waals surface area contributed by atoms with Crippen LogP contribution in [0.3, 0.4) is 0 Å². The Morgan fingerprint density at radius 1 is 1.64 bits per heavy atom. The van der Waals surface area contributed by atoms with Crippen LogP contribution in [0, 0.1) is 5.92 Å². The summed E-state index contributed by atoms with van der Waals surface area (Å²) in [4.78, 5) is 11.8. The molecule has 0 aromatic heterocycles. The number of aliphatic hydroxyl groups excluding tert-OH is 1. The second-order valence-corrected chi connectivity index (χ2v) is 4.40. The van der Waals surface area contributed by atoms with E-state index in [4.69, 9.17) is 9.84 Å². The van der Waals surface area contributed by atoms with Crippen LogP contribution < -0.4 is 5.32 Å². The molecule has 0 aromatic rings. The normalized spacial score (nSPS) is 34.1. The van der Waals surface area contributed by atoms with Gasteiger partial charge in [-0.15, -0.1) is 0 Å². The number of ether oxygens (including phenoxy) is 1. The second kappa shape index (κ2) is 3.51. The van der Waals surface area contributed by atoms with Gasteiger partial charge in [0.25, 0.3) is 0 Å². The largest absolute Gasteiger partial charge is 0.394 e. The summed E-state index contributed by atoms with van der Waals surface area (Å²) in [6.07, 6.45) is 2.62. The molecule has 0 spiro atoms. The summed E-state index contributed by atoms with van der Waals surface area (Å²) in [6, 6.07) is 0. The molecular weight excluding hydrogens is 182 g/mol. The van der Waals surface area contributed by atoms with Crippen molar-refractivity contribution in [2.75, 3.05) is 13.2 Å². The summed E-state index contributed by atoms with van der Waals surface area (Å²) in [5.74, 6) is 0.0144. The van der Waals surface area contributed by atoms with Gasteiger partial charge in [-0.2, -0.15) is 0 Å². The van der Waals surface area contributed by atoms with Gasteiger partial charge in [-0.3, -0.25) is 4.79 Å². The van der Waals surface area contributed by atoms with E-state index < -0.39 is 0 Å². The lowest BCUT2D eigenvalue weighted by Crippen LogP contribution is -2.44. The molecule has 2 rings (SSSR count). The van der Waals surface area contributed by atoms with Crippen LogP contribution in [-0.4, -0.2) is 35.9 Å². The number of hydrogen-bond donors (Lipinski definition) is 2. The molecule has 2 unspecified atom stereocenters. The van der Waals surface area contributed by atoms with Gasteiger partial charge in [0, 0.05) is 6.61 Å². The fraction of sp³-hybridized carbons (Fsp3) is 0.900. The molecule has 4 nitrogen and oxygen atoms in total. The van der Waals surface area contributed by atoms with E-state index in [-0.39, 0.29) is 30.1 Å². The van der Waals surface area contributed by atoms with Gasteiger partial charge in [0.1, 0.15) is 0 Å². The molecule has 4 heteroatoms. The molecule has 2 atom stereocenters. The highest BCUT2D eigenvalue weighted by atomic mass is 16.5. The number of carbonyl (C=O) groups excluding carboxylic acids is 1. The molecule has 1 saturated carbocycles. The van der Waals surface area contributed by atoms with Gasteiger partial charge in [0.05, 0.1) is 24.2 Å². The number of aliphatic hydroxyl groups is 1. The third-order valence-corrected chi connectivity index (χ3v) is 3.26. The third-order valence-electron chi connectivity index (χ3n) is 3.26. The van der Waals surface area contributed by atoms with E-state index in [0.29, 0.717) is 6.61 Å². The van der Waals surface area contributed by atoms with Crippen molar-refractivity contribution in [3.63, 3.8) is 0 Å². The lowest BCUT2D eigenvalue weighted by molar-refractivity contribution is -0.127. The van der Waals surface area contributed by atoms with Gasteiger partial charge >= 0.3 is 0 Å².